The molecular weight excluding hydrogens is 367 g/mol. The van der Waals surface area contributed by atoms with Crippen LogP contribution in [0.3, 0.4) is 0 Å². The standard InChI is InChI=1S/C20H25FN2O3S/c1-3-4-14-23(2)20(24)18(15-16-10-6-5-7-11-16)22-27(25,26)19-13-9-8-12-17(19)21/h5-13,18,22H,3-4,14-15H2,1-2H3/t18-/m1/s1. The lowest BCUT2D eigenvalue weighted by Crippen LogP contribution is -2.48. The first-order valence-corrected chi connectivity index (χ1v) is 10.4. The van der Waals surface area contributed by atoms with E-state index in [9.17, 15) is 17.6 Å². The molecule has 1 atom stereocenters. The van der Waals surface area contributed by atoms with E-state index in [0.717, 1.165) is 24.5 Å². The Morgan fingerprint density at radius 1 is 1.11 bits per heavy atom. The molecule has 0 saturated carbocycles. The van der Waals surface area contributed by atoms with Gasteiger partial charge in [-0.15, -0.1) is 0 Å². The molecule has 1 amide bonds. The van der Waals surface area contributed by atoms with Gasteiger partial charge >= 0.3 is 0 Å². The molecule has 2 rings (SSSR count). The van der Waals surface area contributed by atoms with Gasteiger partial charge in [-0.25, -0.2) is 12.8 Å². The molecule has 0 aliphatic rings. The van der Waals surface area contributed by atoms with Crippen LogP contribution in [0.15, 0.2) is 59.5 Å². The van der Waals surface area contributed by atoms with Gasteiger partial charge in [-0.05, 0) is 30.5 Å². The summed E-state index contributed by atoms with van der Waals surface area (Å²) in [5.74, 6) is -1.19. The molecule has 2 aromatic rings. The number of nitrogens with one attached hydrogen (secondary N) is 1. The first kappa shape index (κ1) is 21.1. The van der Waals surface area contributed by atoms with Crippen molar-refractivity contribution >= 4 is 15.9 Å². The SMILES string of the molecule is CCCCN(C)C(=O)[C@@H](Cc1ccccc1)NS(=O)(=O)c1ccccc1F. The molecule has 27 heavy (non-hydrogen) atoms. The summed E-state index contributed by atoms with van der Waals surface area (Å²) in [4.78, 5) is 13.9. The minimum absolute atomic E-state index is 0.184. The summed E-state index contributed by atoms with van der Waals surface area (Å²) < 4.78 is 41.7. The summed E-state index contributed by atoms with van der Waals surface area (Å²) in [6.45, 7) is 2.54. The van der Waals surface area contributed by atoms with Gasteiger partial charge in [0.25, 0.3) is 0 Å². The van der Waals surface area contributed by atoms with Crippen molar-refractivity contribution in [2.24, 2.45) is 0 Å². The zero-order valence-corrected chi connectivity index (χ0v) is 16.4. The lowest BCUT2D eigenvalue weighted by atomic mass is 10.1. The summed E-state index contributed by atoms with van der Waals surface area (Å²) in [6, 6.07) is 13.2. The van der Waals surface area contributed by atoms with Gasteiger partial charge in [-0.2, -0.15) is 4.72 Å². The van der Waals surface area contributed by atoms with E-state index in [1.165, 1.54) is 23.1 Å². The number of unbranched alkanes of at least 4 members (excludes halogenated alkanes) is 1. The smallest absolute Gasteiger partial charge is 0.244 e. The maximum absolute atomic E-state index is 14.0. The molecule has 2 aromatic carbocycles. The van der Waals surface area contributed by atoms with Crippen LogP contribution < -0.4 is 4.72 Å². The van der Waals surface area contributed by atoms with Crippen LogP contribution in [0.2, 0.25) is 0 Å². The Kier molecular flexibility index (Phi) is 7.50. The number of likely N-dealkylation sites (N-methyl/N-ethyl adjacent to an activating group) is 1. The molecule has 5 nitrogen and oxygen atoms in total. The van der Waals surface area contributed by atoms with Crippen LogP contribution in [0.1, 0.15) is 25.3 Å². The van der Waals surface area contributed by atoms with Crippen molar-refractivity contribution in [3.63, 3.8) is 0 Å². The number of amides is 1. The Morgan fingerprint density at radius 2 is 1.74 bits per heavy atom. The number of carbonyl (C=O) groups is 1. The molecule has 0 radical (unpaired) electrons. The molecule has 0 aromatic heterocycles. The molecule has 0 bridgehead atoms. The molecule has 0 saturated heterocycles. The minimum Gasteiger partial charge on any atom is -0.344 e. The summed E-state index contributed by atoms with van der Waals surface area (Å²) in [7, 11) is -2.54. The number of benzene rings is 2. The molecule has 0 fully saturated rings. The molecule has 0 spiro atoms. The average molecular weight is 392 g/mol. The van der Waals surface area contributed by atoms with Crippen LogP contribution in [0.25, 0.3) is 0 Å². The molecule has 0 unspecified atom stereocenters. The van der Waals surface area contributed by atoms with Gasteiger partial charge in [0.15, 0.2) is 0 Å². The second-order valence-electron chi connectivity index (χ2n) is 6.41. The Labute approximate surface area is 160 Å². The molecule has 1 N–H and O–H groups in total. The van der Waals surface area contributed by atoms with Crippen LogP contribution in [0.4, 0.5) is 4.39 Å². The van der Waals surface area contributed by atoms with Crippen molar-refractivity contribution in [3.05, 3.63) is 66.0 Å². The van der Waals surface area contributed by atoms with E-state index < -0.39 is 26.8 Å². The van der Waals surface area contributed by atoms with Gasteiger partial charge in [0.05, 0.1) is 0 Å². The lowest BCUT2D eigenvalue weighted by molar-refractivity contribution is -0.131. The highest BCUT2D eigenvalue weighted by Crippen LogP contribution is 2.15. The zero-order chi connectivity index (χ0) is 19.9. The fraction of sp³-hybridized carbons (Fsp3) is 0.350. The van der Waals surface area contributed by atoms with Crippen LogP contribution in [-0.2, 0) is 21.2 Å². The summed E-state index contributed by atoms with van der Waals surface area (Å²) in [5.41, 5.74) is 0.816. The Balaban J connectivity index is 2.28. The monoisotopic (exact) mass is 392 g/mol. The van der Waals surface area contributed by atoms with Gasteiger partial charge in [-0.3, -0.25) is 4.79 Å². The maximum atomic E-state index is 14.0. The van der Waals surface area contributed by atoms with E-state index in [1.54, 1.807) is 7.05 Å². The third-order valence-corrected chi connectivity index (χ3v) is 5.73. The van der Waals surface area contributed by atoms with Gasteiger partial charge in [-0.1, -0.05) is 55.8 Å². The van der Waals surface area contributed by atoms with Crippen molar-refractivity contribution < 1.29 is 17.6 Å². The quantitative estimate of drug-likeness (QED) is 0.713. The second-order valence-corrected chi connectivity index (χ2v) is 8.09. The van der Waals surface area contributed by atoms with E-state index in [4.69, 9.17) is 0 Å². The summed E-state index contributed by atoms with van der Waals surface area (Å²) in [6.07, 6.45) is 1.92. The Morgan fingerprint density at radius 3 is 2.37 bits per heavy atom. The van der Waals surface area contributed by atoms with E-state index in [1.807, 2.05) is 37.3 Å². The normalized spacial score (nSPS) is 12.6. The van der Waals surface area contributed by atoms with Crippen molar-refractivity contribution in [2.75, 3.05) is 13.6 Å². The fourth-order valence-corrected chi connectivity index (χ4v) is 3.98. The van der Waals surface area contributed by atoms with E-state index >= 15 is 0 Å². The van der Waals surface area contributed by atoms with Gasteiger partial charge in [0, 0.05) is 13.6 Å². The van der Waals surface area contributed by atoms with Gasteiger partial charge in [0.1, 0.15) is 16.8 Å². The third-order valence-electron chi connectivity index (χ3n) is 4.23. The van der Waals surface area contributed by atoms with E-state index in [2.05, 4.69) is 4.72 Å². The Hall–Kier alpha value is -2.25. The van der Waals surface area contributed by atoms with Crippen LogP contribution >= 0.6 is 0 Å². The highest BCUT2D eigenvalue weighted by atomic mass is 32.2. The number of halogens is 1. The van der Waals surface area contributed by atoms with Crippen LogP contribution in [0.5, 0.6) is 0 Å². The van der Waals surface area contributed by atoms with Crippen LogP contribution in [0, 0.1) is 5.82 Å². The predicted octanol–water partition coefficient (Wildman–Crippen LogP) is 2.97. The van der Waals surface area contributed by atoms with Crippen LogP contribution in [-0.4, -0.2) is 38.9 Å². The van der Waals surface area contributed by atoms with Gasteiger partial charge in [0.2, 0.25) is 15.9 Å². The van der Waals surface area contributed by atoms with Crippen molar-refractivity contribution in [2.45, 2.75) is 37.1 Å². The highest BCUT2D eigenvalue weighted by Gasteiger charge is 2.29. The molecule has 0 aliphatic carbocycles. The molecule has 7 heteroatoms. The molecular formula is C20H25FN2O3S. The number of rotatable bonds is 9. The van der Waals surface area contributed by atoms with Crippen molar-refractivity contribution in [3.8, 4) is 0 Å². The largest absolute Gasteiger partial charge is 0.344 e. The Bertz CT molecular complexity index is 857. The maximum Gasteiger partial charge on any atom is 0.244 e. The number of hydrogen-bond donors (Lipinski definition) is 1. The van der Waals surface area contributed by atoms with E-state index in [0.29, 0.717) is 6.54 Å². The first-order valence-electron chi connectivity index (χ1n) is 8.91. The summed E-state index contributed by atoms with van der Waals surface area (Å²) in [5, 5.41) is 0. The predicted molar refractivity (Wildman–Crippen MR) is 103 cm³/mol. The van der Waals surface area contributed by atoms with Crippen molar-refractivity contribution in [1.29, 1.82) is 0 Å². The number of hydrogen-bond acceptors (Lipinski definition) is 3. The van der Waals surface area contributed by atoms with E-state index in [-0.39, 0.29) is 12.3 Å². The fourth-order valence-electron chi connectivity index (χ4n) is 2.71. The molecule has 146 valence electrons. The molecule has 0 aliphatic heterocycles. The summed E-state index contributed by atoms with van der Waals surface area (Å²) >= 11 is 0. The topological polar surface area (TPSA) is 66.5 Å². The average Bonchev–Trinajstić information content (AvgIpc) is 2.65. The number of nitrogens with zero attached hydrogens (tertiary/aromatic N) is 1. The second kappa shape index (κ2) is 9.62. The van der Waals surface area contributed by atoms with Crippen molar-refractivity contribution in [1.82, 2.24) is 9.62 Å². The highest BCUT2D eigenvalue weighted by molar-refractivity contribution is 7.89. The zero-order valence-electron chi connectivity index (χ0n) is 15.6. The van der Waals surface area contributed by atoms with Gasteiger partial charge < -0.3 is 4.90 Å². The third kappa shape index (κ3) is 5.87. The lowest BCUT2D eigenvalue weighted by Gasteiger charge is -2.24. The number of sulfonamides is 1. The minimum atomic E-state index is -4.18. The molecule has 0 heterocycles. The first-order chi connectivity index (χ1) is 12.8. The number of carbonyl (C=O) groups excluding carboxylic acids is 1.